The second kappa shape index (κ2) is 4.29. The van der Waals surface area contributed by atoms with Crippen molar-refractivity contribution in [2.75, 3.05) is 19.0 Å². The van der Waals surface area contributed by atoms with Crippen LogP contribution in [0.4, 0.5) is 23.2 Å². The number of benzene rings is 1. The second-order valence-corrected chi connectivity index (χ2v) is 3.54. The van der Waals surface area contributed by atoms with Gasteiger partial charge in [-0.1, -0.05) is 6.07 Å². The largest absolute Gasteiger partial charge is 0.418 e. The summed E-state index contributed by atoms with van der Waals surface area (Å²) in [6.07, 6.45) is -7.37. The molecule has 0 aliphatic carbocycles. The van der Waals surface area contributed by atoms with Crippen LogP contribution in [-0.4, -0.2) is 25.4 Å². The van der Waals surface area contributed by atoms with Gasteiger partial charge in [0.15, 0.2) is 6.10 Å². The van der Waals surface area contributed by atoms with Crippen molar-refractivity contribution in [2.45, 2.75) is 12.3 Å². The van der Waals surface area contributed by atoms with E-state index < -0.39 is 18.1 Å². The molecule has 0 saturated carbocycles. The molecule has 0 aliphatic heterocycles. The summed E-state index contributed by atoms with van der Waals surface area (Å²) in [6.45, 7) is 0. The maximum atomic E-state index is 12.9. The Morgan fingerprint density at radius 1 is 1.25 bits per heavy atom. The van der Waals surface area contributed by atoms with E-state index in [0.717, 1.165) is 18.2 Å². The minimum Gasteiger partial charge on any atom is -0.379 e. The van der Waals surface area contributed by atoms with Crippen LogP contribution in [0.5, 0.6) is 0 Å². The molecule has 1 rings (SSSR count). The first-order chi connectivity index (χ1) is 7.23. The van der Waals surface area contributed by atoms with Crippen LogP contribution in [-0.2, 0) is 0 Å². The fraction of sp³-hybridized carbons (Fsp3) is 0.400. The highest BCUT2D eigenvalue weighted by molar-refractivity contribution is 5.54. The van der Waals surface area contributed by atoms with Crippen molar-refractivity contribution < 1.29 is 22.7 Å². The number of hydrogen-bond acceptors (Lipinski definition) is 2. The Balaban J connectivity index is 3.23. The molecule has 0 spiro atoms. The summed E-state index contributed by atoms with van der Waals surface area (Å²) in [6, 6.07) is 2.77. The van der Waals surface area contributed by atoms with Crippen LogP contribution in [0.15, 0.2) is 18.2 Å². The van der Waals surface area contributed by atoms with E-state index in [4.69, 9.17) is 5.11 Å². The van der Waals surface area contributed by atoms with E-state index in [9.17, 15) is 17.6 Å². The van der Waals surface area contributed by atoms with Crippen molar-refractivity contribution in [2.24, 2.45) is 0 Å². The predicted molar refractivity (Wildman–Crippen MR) is 51.7 cm³/mol. The summed E-state index contributed by atoms with van der Waals surface area (Å²) >= 11 is 0. The average Bonchev–Trinajstić information content (AvgIpc) is 2.15. The summed E-state index contributed by atoms with van der Waals surface area (Å²) < 4.78 is 49.8. The van der Waals surface area contributed by atoms with E-state index in [1.165, 1.54) is 19.0 Å². The number of aliphatic hydroxyl groups is 1. The summed E-state index contributed by atoms with van der Waals surface area (Å²) in [4.78, 5) is 1.31. The molecule has 1 aromatic rings. The van der Waals surface area contributed by atoms with E-state index in [0.29, 0.717) is 0 Å². The first-order valence-electron chi connectivity index (χ1n) is 4.45. The van der Waals surface area contributed by atoms with Gasteiger partial charge >= 0.3 is 6.18 Å². The first-order valence-corrected chi connectivity index (χ1v) is 4.45. The molecule has 0 unspecified atom stereocenters. The van der Waals surface area contributed by atoms with Gasteiger partial charge in [0.1, 0.15) is 5.82 Å². The van der Waals surface area contributed by atoms with Crippen LogP contribution < -0.4 is 4.90 Å². The smallest absolute Gasteiger partial charge is 0.379 e. The standard InChI is InChI=1S/C10H11F4NO/c1-15(2)8-5-6(11)3-4-7(8)9(16)10(12,13)14/h3-5,9,16H,1-2H3/t9-/m1/s1. The molecule has 0 aromatic heterocycles. The number of halogens is 4. The highest BCUT2D eigenvalue weighted by atomic mass is 19.4. The maximum Gasteiger partial charge on any atom is 0.418 e. The lowest BCUT2D eigenvalue weighted by atomic mass is 10.1. The molecule has 0 heterocycles. The van der Waals surface area contributed by atoms with Gasteiger partial charge in [-0.05, 0) is 12.1 Å². The van der Waals surface area contributed by atoms with Gasteiger partial charge < -0.3 is 10.0 Å². The zero-order valence-electron chi connectivity index (χ0n) is 8.72. The minimum absolute atomic E-state index is 0.00447. The highest BCUT2D eigenvalue weighted by Gasteiger charge is 2.40. The van der Waals surface area contributed by atoms with Crippen LogP contribution >= 0.6 is 0 Å². The Hall–Kier alpha value is -1.30. The van der Waals surface area contributed by atoms with Gasteiger partial charge in [-0.3, -0.25) is 0 Å². The van der Waals surface area contributed by atoms with Gasteiger partial charge in [0.05, 0.1) is 0 Å². The van der Waals surface area contributed by atoms with Gasteiger partial charge in [0.25, 0.3) is 0 Å². The molecule has 1 N–H and O–H groups in total. The number of rotatable bonds is 2. The molecule has 0 fully saturated rings. The maximum absolute atomic E-state index is 12.9. The zero-order valence-corrected chi connectivity index (χ0v) is 8.72. The molecular weight excluding hydrogens is 226 g/mol. The summed E-state index contributed by atoms with van der Waals surface area (Å²) in [5.74, 6) is -0.651. The fourth-order valence-electron chi connectivity index (χ4n) is 1.31. The van der Waals surface area contributed by atoms with Crippen LogP contribution in [0.2, 0.25) is 0 Å². The van der Waals surface area contributed by atoms with Gasteiger partial charge in [0.2, 0.25) is 0 Å². The molecule has 6 heteroatoms. The third-order valence-electron chi connectivity index (χ3n) is 2.08. The lowest BCUT2D eigenvalue weighted by Gasteiger charge is -2.22. The van der Waals surface area contributed by atoms with Gasteiger partial charge in [-0.15, -0.1) is 0 Å². The highest BCUT2D eigenvalue weighted by Crippen LogP contribution is 2.37. The van der Waals surface area contributed by atoms with Gasteiger partial charge in [0, 0.05) is 25.3 Å². The fourth-order valence-corrected chi connectivity index (χ4v) is 1.31. The molecule has 0 saturated heterocycles. The van der Waals surface area contributed by atoms with Crippen molar-refractivity contribution in [3.05, 3.63) is 29.6 Å². The molecule has 90 valence electrons. The Bertz CT molecular complexity index is 376. The lowest BCUT2D eigenvalue weighted by Crippen LogP contribution is -2.23. The summed E-state index contributed by atoms with van der Waals surface area (Å²) in [5, 5.41) is 9.10. The number of hydrogen-bond donors (Lipinski definition) is 1. The van der Waals surface area contributed by atoms with Gasteiger partial charge in [-0.25, -0.2) is 4.39 Å². The lowest BCUT2D eigenvalue weighted by molar-refractivity contribution is -0.206. The van der Waals surface area contributed by atoms with Crippen molar-refractivity contribution in [3.8, 4) is 0 Å². The quantitative estimate of drug-likeness (QED) is 0.799. The Morgan fingerprint density at radius 2 is 1.81 bits per heavy atom. The SMILES string of the molecule is CN(C)c1cc(F)ccc1[C@@H](O)C(F)(F)F. The normalized spacial score (nSPS) is 13.7. The molecule has 0 aliphatic rings. The summed E-state index contributed by atoms with van der Waals surface area (Å²) in [7, 11) is 2.95. The van der Waals surface area contributed by atoms with Crippen LogP contribution in [0.1, 0.15) is 11.7 Å². The van der Waals surface area contributed by atoms with E-state index in [1.54, 1.807) is 0 Å². The van der Waals surface area contributed by atoms with Gasteiger partial charge in [-0.2, -0.15) is 13.2 Å². The minimum atomic E-state index is -4.76. The average molecular weight is 237 g/mol. The van der Waals surface area contributed by atoms with E-state index >= 15 is 0 Å². The molecule has 2 nitrogen and oxygen atoms in total. The van der Waals surface area contributed by atoms with Crippen molar-refractivity contribution in [3.63, 3.8) is 0 Å². The molecule has 0 amide bonds. The molecule has 0 radical (unpaired) electrons. The molecule has 1 aromatic carbocycles. The first kappa shape index (κ1) is 12.8. The second-order valence-electron chi connectivity index (χ2n) is 3.54. The third kappa shape index (κ3) is 2.63. The van der Waals surface area contributed by atoms with Crippen molar-refractivity contribution in [1.29, 1.82) is 0 Å². The number of nitrogens with zero attached hydrogens (tertiary/aromatic N) is 1. The van der Waals surface area contributed by atoms with E-state index in [2.05, 4.69) is 0 Å². The van der Waals surface area contributed by atoms with E-state index in [1.807, 2.05) is 0 Å². The molecular formula is C10H11F4NO. The predicted octanol–water partition coefficient (Wildman–Crippen LogP) is 2.49. The topological polar surface area (TPSA) is 23.5 Å². The Labute approximate surface area is 90.1 Å². The van der Waals surface area contributed by atoms with Crippen LogP contribution in [0.25, 0.3) is 0 Å². The van der Waals surface area contributed by atoms with E-state index in [-0.39, 0.29) is 11.3 Å². The zero-order chi connectivity index (χ0) is 12.5. The monoisotopic (exact) mass is 237 g/mol. The Kier molecular flexibility index (Phi) is 3.42. The van der Waals surface area contributed by atoms with Crippen molar-refractivity contribution >= 4 is 5.69 Å². The van der Waals surface area contributed by atoms with Crippen molar-refractivity contribution in [1.82, 2.24) is 0 Å². The molecule has 1 atom stereocenters. The number of aliphatic hydroxyl groups excluding tert-OH is 1. The summed E-state index contributed by atoms with van der Waals surface area (Å²) in [5.41, 5.74) is -0.358. The number of anilines is 1. The molecule has 16 heavy (non-hydrogen) atoms. The Morgan fingerprint density at radius 3 is 2.25 bits per heavy atom. The van der Waals surface area contributed by atoms with Crippen LogP contribution in [0, 0.1) is 5.82 Å². The molecule has 0 bridgehead atoms. The number of alkyl halides is 3. The third-order valence-corrected chi connectivity index (χ3v) is 2.08. The van der Waals surface area contributed by atoms with Crippen LogP contribution in [0.3, 0.4) is 0 Å².